The smallest absolute Gasteiger partial charge is 0.336 e. The fraction of sp³-hybridized carbons (Fsp3) is 0.235. The fourth-order valence-electron chi connectivity index (χ4n) is 2.29. The maximum Gasteiger partial charge on any atom is 0.336 e. The Balaban J connectivity index is 1.76. The average molecular weight is 328 g/mol. The van der Waals surface area contributed by atoms with Gasteiger partial charge < -0.3 is 19.0 Å². The summed E-state index contributed by atoms with van der Waals surface area (Å²) >= 11 is 0. The molecule has 0 saturated carbocycles. The molecule has 7 nitrogen and oxygen atoms in total. The Kier molecular flexibility index (Phi) is 4.07. The zero-order valence-corrected chi connectivity index (χ0v) is 13.5. The first kappa shape index (κ1) is 15.8. The van der Waals surface area contributed by atoms with E-state index in [-0.39, 0.29) is 5.91 Å². The molecule has 24 heavy (non-hydrogen) atoms. The zero-order chi connectivity index (χ0) is 17.3. The molecule has 0 fully saturated rings. The molecular formula is C17H16N2O5. The molecule has 2 heterocycles. The molecule has 1 unspecified atom stereocenters. The minimum Gasteiger partial charge on any atom is -0.481 e. The molecule has 7 heteroatoms. The molecular weight excluding hydrogens is 312 g/mol. The fourth-order valence-corrected chi connectivity index (χ4v) is 2.29. The molecule has 0 radical (unpaired) electrons. The van der Waals surface area contributed by atoms with Crippen LogP contribution in [0.5, 0.6) is 5.75 Å². The Morgan fingerprint density at radius 2 is 2.04 bits per heavy atom. The Bertz CT molecular complexity index is 957. The van der Waals surface area contributed by atoms with Crippen LogP contribution in [0.1, 0.15) is 18.2 Å². The number of carbonyl (C=O) groups excluding carboxylic acids is 1. The number of carbonyl (C=O) groups is 1. The van der Waals surface area contributed by atoms with Gasteiger partial charge in [0, 0.05) is 23.6 Å². The van der Waals surface area contributed by atoms with E-state index in [2.05, 4.69) is 10.5 Å². The molecule has 0 aliphatic carbocycles. The molecule has 1 amide bonds. The Labute approximate surface area is 137 Å². The van der Waals surface area contributed by atoms with Gasteiger partial charge >= 0.3 is 5.63 Å². The van der Waals surface area contributed by atoms with Crippen LogP contribution in [0, 0.1) is 13.8 Å². The minimum absolute atomic E-state index is 0.327. The van der Waals surface area contributed by atoms with Gasteiger partial charge in [0.05, 0.1) is 0 Å². The van der Waals surface area contributed by atoms with Gasteiger partial charge in [0.1, 0.15) is 17.1 Å². The van der Waals surface area contributed by atoms with Crippen molar-refractivity contribution in [2.45, 2.75) is 26.9 Å². The van der Waals surface area contributed by atoms with Crippen molar-refractivity contribution < 1.29 is 18.5 Å². The molecule has 0 aliphatic rings. The SMILES string of the molecule is Cc1cc(NC(=O)C(C)Oc2ccc3c(C)cc(=O)oc3c2)no1. The highest BCUT2D eigenvalue weighted by atomic mass is 16.5. The standard InChI is InChI=1S/C17H16N2O5/c1-9-6-16(20)23-14-8-12(4-5-13(9)14)22-11(3)17(21)18-15-7-10(2)24-19-15/h4-8,11H,1-3H3,(H,18,19,21). The van der Waals surface area contributed by atoms with Gasteiger partial charge in [-0.25, -0.2) is 4.79 Å². The summed E-state index contributed by atoms with van der Waals surface area (Å²) in [6.45, 7) is 5.17. The number of nitrogens with one attached hydrogen (secondary N) is 1. The van der Waals surface area contributed by atoms with Crippen LogP contribution in [0.4, 0.5) is 5.82 Å². The van der Waals surface area contributed by atoms with E-state index in [9.17, 15) is 9.59 Å². The summed E-state index contributed by atoms with van der Waals surface area (Å²) in [5.41, 5.74) is 0.807. The maximum atomic E-state index is 12.1. The Hall–Kier alpha value is -3.09. The number of hydrogen-bond acceptors (Lipinski definition) is 6. The van der Waals surface area contributed by atoms with E-state index >= 15 is 0 Å². The largest absolute Gasteiger partial charge is 0.481 e. The first-order chi connectivity index (χ1) is 11.4. The zero-order valence-electron chi connectivity index (χ0n) is 13.5. The Morgan fingerprint density at radius 1 is 1.25 bits per heavy atom. The summed E-state index contributed by atoms with van der Waals surface area (Å²) in [4.78, 5) is 23.6. The summed E-state index contributed by atoms with van der Waals surface area (Å²) < 4.78 is 15.7. The molecule has 0 aliphatic heterocycles. The molecule has 0 bridgehead atoms. The number of fused-ring (bicyclic) bond motifs is 1. The number of nitrogens with zero attached hydrogens (tertiary/aromatic N) is 1. The minimum atomic E-state index is -0.768. The van der Waals surface area contributed by atoms with Gasteiger partial charge in [-0.15, -0.1) is 0 Å². The third-order valence-corrected chi connectivity index (χ3v) is 3.48. The Morgan fingerprint density at radius 3 is 2.75 bits per heavy atom. The molecule has 3 rings (SSSR count). The summed E-state index contributed by atoms with van der Waals surface area (Å²) in [7, 11) is 0. The molecule has 124 valence electrons. The van der Waals surface area contributed by atoms with Gasteiger partial charge in [0.25, 0.3) is 5.91 Å². The van der Waals surface area contributed by atoms with Gasteiger partial charge in [0.15, 0.2) is 11.9 Å². The lowest BCUT2D eigenvalue weighted by atomic mass is 10.1. The van der Waals surface area contributed by atoms with Gasteiger partial charge in [-0.05, 0) is 38.5 Å². The summed E-state index contributed by atoms with van der Waals surface area (Å²) in [6.07, 6.45) is -0.768. The average Bonchev–Trinajstić information content (AvgIpc) is 2.91. The van der Waals surface area contributed by atoms with Crippen LogP contribution in [0.3, 0.4) is 0 Å². The van der Waals surface area contributed by atoms with Gasteiger partial charge in [-0.1, -0.05) is 5.16 Å². The van der Waals surface area contributed by atoms with Crippen molar-refractivity contribution in [2.24, 2.45) is 0 Å². The predicted octanol–water partition coefficient (Wildman–Crippen LogP) is 2.80. The second-order valence-corrected chi connectivity index (χ2v) is 5.48. The van der Waals surface area contributed by atoms with Crippen molar-refractivity contribution in [1.82, 2.24) is 5.16 Å². The van der Waals surface area contributed by atoms with E-state index in [1.54, 1.807) is 38.1 Å². The number of ether oxygens (including phenoxy) is 1. The third-order valence-electron chi connectivity index (χ3n) is 3.48. The van der Waals surface area contributed by atoms with Crippen molar-refractivity contribution in [3.8, 4) is 5.75 Å². The van der Waals surface area contributed by atoms with Crippen molar-refractivity contribution in [3.05, 3.63) is 52.1 Å². The van der Waals surface area contributed by atoms with Crippen LogP contribution in [0.2, 0.25) is 0 Å². The molecule has 0 spiro atoms. The first-order valence-electron chi connectivity index (χ1n) is 7.38. The van der Waals surface area contributed by atoms with Crippen molar-refractivity contribution in [2.75, 3.05) is 5.32 Å². The van der Waals surface area contributed by atoms with E-state index in [0.29, 0.717) is 22.9 Å². The summed E-state index contributed by atoms with van der Waals surface area (Å²) in [5, 5.41) is 7.11. The van der Waals surface area contributed by atoms with Crippen molar-refractivity contribution in [3.63, 3.8) is 0 Å². The monoisotopic (exact) mass is 328 g/mol. The molecule has 0 saturated heterocycles. The van der Waals surface area contributed by atoms with Crippen LogP contribution in [0.25, 0.3) is 11.0 Å². The second-order valence-electron chi connectivity index (χ2n) is 5.48. The van der Waals surface area contributed by atoms with Crippen molar-refractivity contribution in [1.29, 1.82) is 0 Å². The molecule has 1 aromatic carbocycles. The quantitative estimate of drug-likeness (QED) is 0.740. The van der Waals surface area contributed by atoms with E-state index in [4.69, 9.17) is 13.7 Å². The van der Waals surface area contributed by atoms with E-state index in [1.807, 2.05) is 6.92 Å². The maximum absolute atomic E-state index is 12.1. The highest BCUT2D eigenvalue weighted by Crippen LogP contribution is 2.23. The number of anilines is 1. The first-order valence-corrected chi connectivity index (χ1v) is 7.38. The van der Waals surface area contributed by atoms with Crippen LogP contribution in [0.15, 0.2) is 44.1 Å². The highest BCUT2D eigenvalue weighted by molar-refractivity contribution is 5.93. The predicted molar refractivity (Wildman–Crippen MR) is 87.2 cm³/mol. The molecule has 3 aromatic rings. The topological polar surface area (TPSA) is 94.6 Å². The number of benzene rings is 1. The lowest BCUT2D eigenvalue weighted by molar-refractivity contribution is -0.122. The lowest BCUT2D eigenvalue weighted by Crippen LogP contribution is -2.30. The number of aromatic nitrogens is 1. The van der Waals surface area contributed by atoms with Gasteiger partial charge in [-0.3, -0.25) is 4.79 Å². The summed E-state index contributed by atoms with van der Waals surface area (Å²) in [5.74, 6) is 0.983. The number of aryl methyl sites for hydroxylation is 2. The number of rotatable bonds is 4. The van der Waals surface area contributed by atoms with E-state index < -0.39 is 11.7 Å². The van der Waals surface area contributed by atoms with Crippen molar-refractivity contribution >= 4 is 22.7 Å². The van der Waals surface area contributed by atoms with Crippen LogP contribution in [-0.2, 0) is 4.79 Å². The van der Waals surface area contributed by atoms with Crippen LogP contribution >= 0.6 is 0 Å². The third kappa shape index (κ3) is 3.29. The van der Waals surface area contributed by atoms with E-state index in [0.717, 1.165) is 10.9 Å². The lowest BCUT2D eigenvalue weighted by Gasteiger charge is -2.14. The molecule has 1 atom stereocenters. The normalized spacial score (nSPS) is 12.1. The molecule has 2 aromatic heterocycles. The number of amides is 1. The number of hydrogen-bond donors (Lipinski definition) is 1. The second kappa shape index (κ2) is 6.19. The van der Waals surface area contributed by atoms with Gasteiger partial charge in [0.2, 0.25) is 0 Å². The summed E-state index contributed by atoms with van der Waals surface area (Å²) in [6, 6.07) is 8.14. The van der Waals surface area contributed by atoms with Crippen LogP contribution < -0.4 is 15.7 Å². The highest BCUT2D eigenvalue weighted by Gasteiger charge is 2.17. The van der Waals surface area contributed by atoms with E-state index in [1.165, 1.54) is 6.07 Å². The van der Waals surface area contributed by atoms with Crippen LogP contribution in [-0.4, -0.2) is 17.2 Å². The van der Waals surface area contributed by atoms with Gasteiger partial charge in [-0.2, -0.15) is 0 Å². The molecule has 1 N–H and O–H groups in total.